The fourth-order valence-electron chi connectivity index (χ4n) is 2.55. The maximum Gasteiger partial charge on any atom is 0.223 e. The summed E-state index contributed by atoms with van der Waals surface area (Å²) in [5, 5.41) is 5.11. The smallest absolute Gasteiger partial charge is 0.223 e. The molecule has 17 heavy (non-hydrogen) atoms. The molecule has 0 saturated heterocycles. The summed E-state index contributed by atoms with van der Waals surface area (Å²) in [5.74, 6) is 0.713. The predicted octanol–water partition coefficient (Wildman–Crippen LogP) is 2.05. The van der Waals surface area contributed by atoms with Crippen LogP contribution in [0.25, 0.3) is 0 Å². The molecule has 0 radical (unpaired) electrons. The molecule has 0 bridgehead atoms. The molecule has 1 fully saturated rings. The third-order valence-electron chi connectivity index (χ3n) is 3.69. The van der Waals surface area contributed by atoms with E-state index in [4.69, 9.17) is 5.73 Å². The Morgan fingerprint density at radius 3 is 3.06 bits per heavy atom. The van der Waals surface area contributed by atoms with Crippen molar-refractivity contribution in [3.63, 3.8) is 0 Å². The molecule has 0 spiro atoms. The zero-order valence-corrected chi connectivity index (χ0v) is 11.1. The Labute approximate surface area is 106 Å². The van der Waals surface area contributed by atoms with Crippen LogP contribution in [0.2, 0.25) is 0 Å². The van der Waals surface area contributed by atoms with Crippen molar-refractivity contribution in [1.82, 2.24) is 5.32 Å². The normalized spacial score (nSPS) is 23.9. The van der Waals surface area contributed by atoms with E-state index in [0.717, 1.165) is 19.3 Å². The van der Waals surface area contributed by atoms with Gasteiger partial charge < -0.3 is 11.1 Å². The lowest BCUT2D eigenvalue weighted by atomic mass is 9.95. The zero-order chi connectivity index (χ0) is 12.3. The zero-order valence-electron chi connectivity index (χ0n) is 10.2. The van der Waals surface area contributed by atoms with E-state index in [1.165, 1.54) is 10.4 Å². The largest absolute Gasteiger partial charge is 0.351 e. The van der Waals surface area contributed by atoms with Crippen molar-refractivity contribution in [3.8, 4) is 0 Å². The second-order valence-corrected chi connectivity index (χ2v) is 5.78. The second kappa shape index (κ2) is 5.65. The summed E-state index contributed by atoms with van der Waals surface area (Å²) in [4.78, 5) is 13.3. The SMILES string of the molecule is Cc1ccsc1CNC(=O)C1CCCC1CN. The molecule has 4 heteroatoms. The number of hydrogen-bond acceptors (Lipinski definition) is 3. The van der Waals surface area contributed by atoms with Gasteiger partial charge in [0.05, 0.1) is 6.54 Å². The highest BCUT2D eigenvalue weighted by Gasteiger charge is 2.31. The molecule has 0 aromatic carbocycles. The van der Waals surface area contributed by atoms with Gasteiger partial charge in [0.15, 0.2) is 0 Å². The second-order valence-electron chi connectivity index (χ2n) is 4.78. The van der Waals surface area contributed by atoms with Crippen LogP contribution in [0.15, 0.2) is 11.4 Å². The quantitative estimate of drug-likeness (QED) is 0.861. The fourth-order valence-corrected chi connectivity index (χ4v) is 3.39. The van der Waals surface area contributed by atoms with Gasteiger partial charge in [-0.15, -0.1) is 11.3 Å². The van der Waals surface area contributed by atoms with Gasteiger partial charge in [-0.1, -0.05) is 6.42 Å². The highest BCUT2D eigenvalue weighted by atomic mass is 32.1. The molecular formula is C13H20N2OS. The molecule has 2 atom stereocenters. The average molecular weight is 252 g/mol. The van der Waals surface area contributed by atoms with Gasteiger partial charge in [-0.25, -0.2) is 0 Å². The number of carbonyl (C=O) groups is 1. The van der Waals surface area contributed by atoms with Crippen LogP contribution in [0, 0.1) is 18.8 Å². The van der Waals surface area contributed by atoms with E-state index in [9.17, 15) is 4.79 Å². The highest BCUT2D eigenvalue weighted by Crippen LogP contribution is 2.31. The van der Waals surface area contributed by atoms with Crippen molar-refractivity contribution >= 4 is 17.2 Å². The molecule has 3 N–H and O–H groups in total. The maximum atomic E-state index is 12.1. The summed E-state index contributed by atoms with van der Waals surface area (Å²) in [7, 11) is 0. The van der Waals surface area contributed by atoms with Gasteiger partial charge in [0.2, 0.25) is 5.91 Å². The van der Waals surface area contributed by atoms with Crippen LogP contribution in [-0.4, -0.2) is 12.5 Å². The van der Waals surface area contributed by atoms with Gasteiger partial charge in [-0.2, -0.15) is 0 Å². The number of nitrogens with two attached hydrogens (primary N) is 1. The van der Waals surface area contributed by atoms with Crippen molar-refractivity contribution in [1.29, 1.82) is 0 Å². The van der Waals surface area contributed by atoms with E-state index in [1.807, 2.05) is 0 Å². The summed E-state index contributed by atoms with van der Waals surface area (Å²) in [6, 6.07) is 2.09. The van der Waals surface area contributed by atoms with Crippen molar-refractivity contribution < 1.29 is 4.79 Å². The molecule has 1 aliphatic carbocycles. The van der Waals surface area contributed by atoms with Crippen LogP contribution < -0.4 is 11.1 Å². The Balaban J connectivity index is 1.87. The van der Waals surface area contributed by atoms with Crippen LogP contribution in [-0.2, 0) is 11.3 Å². The fraction of sp³-hybridized carbons (Fsp3) is 0.615. The Kier molecular flexibility index (Phi) is 4.18. The minimum absolute atomic E-state index is 0.139. The summed E-state index contributed by atoms with van der Waals surface area (Å²) in [5.41, 5.74) is 6.96. The number of aryl methyl sites for hydroxylation is 1. The summed E-state index contributed by atoms with van der Waals surface area (Å²) < 4.78 is 0. The maximum absolute atomic E-state index is 12.1. The number of thiophene rings is 1. The van der Waals surface area contributed by atoms with Crippen molar-refractivity contribution in [2.24, 2.45) is 17.6 Å². The van der Waals surface area contributed by atoms with Gasteiger partial charge in [0.1, 0.15) is 0 Å². The number of hydrogen-bond donors (Lipinski definition) is 2. The Hall–Kier alpha value is -0.870. The van der Waals surface area contributed by atoms with Crippen molar-refractivity contribution in [2.75, 3.05) is 6.54 Å². The number of carbonyl (C=O) groups excluding carboxylic acids is 1. The van der Waals surface area contributed by atoms with Crippen molar-refractivity contribution in [2.45, 2.75) is 32.7 Å². The van der Waals surface area contributed by atoms with Crippen LogP contribution in [0.4, 0.5) is 0 Å². The van der Waals surface area contributed by atoms with Crippen LogP contribution in [0.1, 0.15) is 29.7 Å². The number of nitrogens with one attached hydrogen (secondary N) is 1. The van der Waals surface area contributed by atoms with Gasteiger partial charge in [-0.3, -0.25) is 4.79 Å². The molecule has 1 aromatic rings. The summed E-state index contributed by atoms with van der Waals surface area (Å²) in [6.07, 6.45) is 3.24. The minimum atomic E-state index is 0.139. The van der Waals surface area contributed by atoms with Gasteiger partial charge >= 0.3 is 0 Å². The molecule has 94 valence electrons. The first-order chi connectivity index (χ1) is 8.22. The van der Waals surface area contributed by atoms with Crippen LogP contribution in [0.3, 0.4) is 0 Å². The van der Waals surface area contributed by atoms with Gasteiger partial charge in [-0.05, 0) is 49.2 Å². The molecule has 1 aromatic heterocycles. The van der Waals surface area contributed by atoms with Crippen LogP contribution >= 0.6 is 11.3 Å². The molecule has 1 saturated carbocycles. The molecular weight excluding hydrogens is 232 g/mol. The molecule has 2 unspecified atom stereocenters. The standard InChI is InChI=1S/C13H20N2OS/c1-9-5-6-17-12(9)8-15-13(16)11-4-2-3-10(11)7-14/h5-6,10-11H,2-4,7-8,14H2,1H3,(H,15,16). The Bertz CT molecular complexity index is 389. The first kappa shape index (κ1) is 12.6. The first-order valence-corrected chi connectivity index (χ1v) is 7.11. The molecule has 1 aliphatic rings. The average Bonchev–Trinajstić information content (AvgIpc) is 2.94. The van der Waals surface area contributed by atoms with E-state index in [2.05, 4.69) is 23.7 Å². The predicted molar refractivity (Wildman–Crippen MR) is 70.8 cm³/mol. The minimum Gasteiger partial charge on any atom is -0.351 e. The van der Waals surface area contributed by atoms with E-state index < -0.39 is 0 Å². The Morgan fingerprint density at radius 2 is 2.41 bits per heavy atom. The monoisotopic (exact) mass is 252 g/mol. The molecule has 3 nitrogen and oxygen atoms in total. The lowest BCUT2D eigenvalue weighted by Gasteiger charge is -2.17. The Morgan fingerprint density at radius 1 is 1.59 bits per heavy atom. The molecule has 2 rings (SSSR count). The molecule has 1 heterocycles. The first-order valence-electron chi connectivity index (χ1n) is 6.23. The van der Waals surface area contributed by atoms with E-state index in [-0.39, 0.29) is 11.8 Å². The van der Waals surface area contributed by atoms with E-state index >= 15 is 0 Å². The number of rotatable bonds is 4. The topological polar surface area (TPSA) is 55.1 Å². The van der Waals surface area contributed by atoms with Gasteiger partial charge in [0.25, 0.3) is 0 Å². The van der Waals surface area contributed by atoms with E-state index in [0.29, 0.717) is 19.0 Å². The third kappa shape index (κ3) is 2.87. The lowest BCUT2D eigenvalue weighted by molar-refractivity contribution is -0.126. The van der Waals surface area contributed by atoms with Gasteiger partial charge in [0, 0.05) is 10.8 Å². The van der Waals surface area contributed by atoms with Crippen molar-refractivity contribution in [3.05, 3.63) is 21.9 Å². The third-order valence-corrected chi connectivity index (χ3v) is 4.71. The molecule has 0 aliphatic heterocycles. The summed E-state index contributed by atoms with van der Waals surface area (Å²) >= 11 is 1.70. The molecule has 1 amide bonds. The van der Waals surface area contributed by atoms with Crippen LogP contribution in [0.5, 0.6) is 0 Å². The van der Waals surface area contributed by atoms with E-state index in [1.54, 1.807) is 11.3 Å². The highest BCUT2D eigenvalue weighted by molar-refractivity contribution is 7.10. The lowest BCUT2D eigenvalue weighted by Crippen LogP contribution is -2.34. The summed E-state index contributed by atoms with van der Waals surface area (Å²) in [6.45, 7) is 3.38. The number of amides is 1.